The highest BCUT2D eigenvalue weighted by molar-refractivity contribution is 5.90. The molecule has 0 saturated heterocycles. The molecule has 5 rings (SSSR count). The van der Waals surface area contributed by atoms with Crippen molar-refractivity contribution in [3.8, 4) is 5.75 Å². The van der Waals surface area contributed by atoms with Crippen LogP contribution in [0.15, 0.2) is 35.1 Å². The monoisotopic (exact) mass is 479 g/mol. The minimum Gasteiger partial charge on any atom is -0.413 e. The Morgan fingerprint density at radius 3 is 2.76 bits per heavy atom. The number of amides is 1. The third-order valence-electron chi connectivity index (χ3n) is 5.29. The molecule has 0 radical (unpaired) electrons. The maximum absolute atomic E-state index is 14.2. The number of alkyl halides is 4. The third-order valence-corrected chi connectivity index (χ3v) is 5.29. The fourth-order valence-corrected chi connectivity index (χ4v) is 3.82. The van der Waals surface area contributed by atoms with Crippen LogP contribution in [0.5, 0.6) is 5.75 Å². The Hall–Kier alpha value is -3.97. The van der Waals surface area contributed by atoms with Gasteiger partial charge in [-0.3, -0.25) is 4.79 Å². The second-order valence-electron chi connectivity index (χ2n) is 8.12. The first-order valence-corrected chi connectivity index (χ1v) is 10.1. The van der Waals surface area contributed by atoms with E-state index in [1.165, 1.54) is 47.9 Å². The van der Waals surface area contributed by atoms with E-state index in [1.807, 2.05) is 0 Å². The maximum Gasteiger partial charge on any atom is 0.573 e. The molecule has 0 bridgehead atoms. The smallest absolute Gasteiger partial charge is 0.413 e. The van der Waals surface area contributed by atoms with Gasteiger partial charge in [0.05, 0.1) is 17.7 Å². The van der Waals surface area contributed by atoms with Crippen LogP contribution in [0, 0.1) is 0 Å². The molecule has 5 heterocycles. The number of imidazole rings is 1. The Kier molecular flexibility index (Phi) is 4.84. The minimum absolute atomic E-state index is 0.0455. The van der Waals surface area contributed by atoms with Crippen molar-refractivity contribution < 1.29 is 31.5 Å². The van der Waals surface area contributed by atoms with Gasteiger partial charge in [0.15, 0.2) is 11.4 Å². The first kappa shape index (κ1) is 21.9. The van der Waals surface area contributed by atoms with Crippen molar-refractivity contribution in [1.82, 2.24) is 34.7 Å². The molecular formula is C20H17F4N7O3. The van der Waals surface area contributed by atoms with E-state index in [9.17, 15) is 22.4 Å². The number of aromatic nitrogens is 6. The van der Waals surface area contributed by atoms with E-state index in [1.54, 1.807) is 0 Å². The summed E-state index contributed by atoms with van der Waals surface area (Å²) in [6.07, 6.45) is -1.57. The number of nitrogens with zero attached hydrogens (tertiary/aromatic N) is 6. The van der Waals surface area contributed by atoms with Gasteiger partial charge in [-0.25, -0.2) is 13.9 Å². The van der Waals surface area contributed by atoms with Crippen molar-refractivity contribution in [3.63, 3.8) is 0 Å². The topological polar surface area (TPSA) is 114 Å². The number of nitrogens with one attached hydrogen (secondary N) is 1. The van der Waals surface area contributed by atoms with Crippen LogP contribution in [0.4, 0.5) is 17.6 Å². The molecule has 1 atom stereocenters. The molecule has 1 aliphatic rings. The summed E-state index contributed by atoms with van der Waals surface area (Å²) < 4.78 is 63.3. The minimum atomic E-state index is -4.89. The lowest BCUT2D eigenvalue weighted by Gasteiger charge is -2.32. The number of carbonyl (C=O) groups is 1. The normalized spacial score (nSPS) is 16.6. The molecule has 4 aromatic heterocycles. The van der Waals surface area contributed by atoms with Gasteiger partial charge >= 0.3 is 18.2 Å². The van der Waals surface area contributed by atoms with Crippen molar-refractivity contribution in [2.75, 3.05) is 6.54 Å². The second-order valence-corrected chi connectivity index (χ2v) is 8.12. The van der Waals surface area contributed by atoms with Gasteiger partial charge in [0.1, 0.15) is 11.6 Å². The summed E-state index contributed by atoms with van der Waals surface area (Å²) >= 11 is 0. The zero-order valence-corrected chi connectivity index (χ0v) is 17.8. The Bertz CT molecular complexity index is 1370. The fraction of sp³-hybridized carbons (Fsp3) is 0.350. The molecule has 0 fully saturated rings. The SMILES string of the molecule is CC(C)(F)c1nnc(C(=O)N2CCc3[nH]cnc3C2c2cc3c(OC(F)(F)F)cccn3n2)o1. The van der Waals surface area contributed by atoms with E-state index < -0.39 is 35.6 Å². The highest BCUT2D eigenvalue weighted by Crippen LogP contribution is 2.36. The molecular weight excluding hydrogens is 462 g/mol. The van der Waals surface area contributed by atoms with Crippen LogP contribution in [-0.4, -0.2) is 53.5 Å². The van der Waals surface area contributed by atoms with Crippen LogP contribution < -0.4 is 4.74 Å². The maximum atomic E-state index is 14.2. The number of halogens is 4. The molecule has 4 aromatic rings. The highest BCUT2D eigenvalue weighted by atomic mass is 19.4. The number of rotatable bonds is 4. The predicted molar refractivity (Wildman–Crippen MR) is 105 cm³/mol. The number of aromatic amines is 1. The van der Waals surface area contributed by atoms with Gasteiger partial charge in [-0.15, -0.1) is 23.4 Å². The number of fused-ring (bicyclic) bond motifs is 2. The van der Waals surface area contributed by atoms with Crippen LogP contribution >= 0.6 is 0 Å². The van der Waals surface area contributed by atoms with E-state index in [2.05, 4.69) is 30.0 Å². The largest absolute Gasteiger partial charge is 0.573 e. The molecule has 1 unspecified atom stereocenters. The summed E-state index contributed by atoms with van der Waals surface area (Å²) in [5.74, 6) is -1.91. The van der Waals surface area contributed by atoms with E-state index in [0.717, 1.165) is 11.8 Å². The van der Waals surface area contributed by atoms with Crippen LogP contribution in [0.3, 0.4) is 0 Å². The Morgan fingerprint density at radius 1 is 1.26 bits per heavy atom. The molecule has 178 valence electrons. The second kappa shape index (κ2) is 7.53. The molecule has 1 aliphatic heterocycles. The molecule has 34 heavy (non-hydrogen) atoms. The summed E-state index contributed by atoms with van der Waals surface area (Å²) in [4.78, 5) is 21.9. The van der Waals surface area contributed by atoms with Crippen LogP contribution in [0.25, 0.3) is 5.52 Å². The van der Waals surface area contributed by atoms with E-state index >= 15 is 0 Å². The molecule has 0 saturated carbocycles. The first-order chi connectivity index (χ1) is 16.0. The van der Waals surface area contributed by atoms with Gasteiger partial charge in [0, 0.05) is 24.9 Å². The molecule has 0 aliphatic carbocycles. The predicted octanol–water partition coefficient (Wildman–Crippen LogP) is 3.33. The molecule has 0 spiro atoms. The lowest BCUT2D eigenvalue weighted by molar-refractivity contribution is -0.274. The molecule has 1 N–H and O–H groups in total. The van der Waals surface area contributed by atoms with E-state index in [0.29, 0.717) is 12.1 Å². The van der Waals surface area contributed by atoms with Crippen LogP contribution in [0.1, 0.15) is 53.5 Å². The molecule has 1 amide bonds. The third kappa shape index (κ3) is 3.84. The van der Waals surface area contributed by atoms with Gasteiger partial charge in [-0.2, -0.15) is 5.10 Å². The van der Waals surface area contributed by atoms with Gasteiger partial charge < -0.3 is 19.0 Å². The summed E-state index contributed by atoms with van der Waals surface area (Å²) in [7, 11) is 0. The number of hydrogen-bond acceptors (Lipinski definition) is 7. The first-order valence-electron chi connectivity index (χ1n) is 10.1. The Labute approximate surface area is 188 Å². The van der Waals surface area contributed by atoms with E-state index in [4.69, 9.17) is 4.42 Å². The van der Waals surface area contributed by atoms with Gasteiger partial charge in [0.25, 0.3) is 5.89 Å². The standard InChI is InChI=1S/C20H17F4N7O3/c1-19(2,21)18-28-27-16(33-18)17(32)30-7-5-10-14(26-9-25-10)15(30)11-8-12-13(34-20(22,23)24)4-3-6-31(12)29-11/h3-4,6,8-9,15H,5,7H2,1-2H3,(H,25,26). The molecule has 10 nitrogen and oxygen atoms in total. The molecule has 14 heteroatoms. The lowest BCUT2D eigenvalue weighted by Crippen LogP contribution is -2.41. The number of ether oxygens (including phenoxy) is 1. The summed E-state index contributed by atoms with van der Waals surface area (Å²) in [6, 6.07) is 3.03. The van der Waals surface area contributed by atoms with Crippen molar-refractivity contribution in [2.45, 2.75) is 38.3 Å². The Balaban J connectivity index is 1.58. The van der Waals surface area contributed by atoms with Gasteiger partial charge in [-0.1, -0.05) is 0 Å². The Morgan fingerprint density at radius 2 is 2.06 bits per heavy atom. The zero-order chi connectivity index (χ0) is 24.3. The van der Waals surface area contributed by atoms with Gasteiger partial charge in [0.2, 0.25) is 0 Å². The van der Waals surface area contributed by atoms with Crippen molar-refractivity contribution in [2.24, 2.45) is 0 Å². The van der Waals surface area contributed by atoms with Crippen molar-refractivity contribution >= 4 is 11.4 Å². The summed E-state index contributed by atoms with van der Waals surface area (Å²) in [6.45, 7) is 2.62. The number of pyridine rings is 1. The van der Waals surface area contributed by atoms with Gasteiger partial charge in [-0.05, 0) is 32.0 Å². The van der Waals surface area contributed by atoms with Crippen molar-refractivity contribution in [1.29, 1.82) is 0 Å². The quantitative estimate of drug-likeness (QED) is 0.447. The number of H-pyrrole nitrogens is 1. The molecule has 0 aromatic carbocycles. The zero-order valence-electron chi connectivity index (χ0n) is 17.8. The summed E-state index contributed by atoms with van der Waals surface area (Å²) in [5.41, 5.74) is -0.450. The fourth-order valence-electron chi connectivity index (χ4n) is 3.82. The average molecular weight is 479 g/mol. The highest BCUT2D eigenvalue weighted by Gasteiger charge is 2.39. The summed E-state index contributed by atoms with van der Waals surface area (Å²) in [5, 5.41) is 11.7. The van der Waals surface area contributed by atoms with Crippen molar-refractivity contribution in [3.05, 3.63) is 59.6 Å². The van der Waals surface area contributed by atoms with Crippen LogP contribution in [-0.2, 0) is 12.1 Å². The van der Waals surface area contributed by atoms with Crippen LogP contribution in [0.2, 0.25) is 0 Å². The lowest BCUT2D eigenvalue weighted by atomic mass is 9.99. The average Bonchev–Trinajstić information content (AvgIpc) is 3.49. The van der Waals surface area contributed by atoms with E-state index in [-0.39, 0.29) is 23.6 Å². The number of hydrogen-bond donors (Lipinski definition) is 1. The number of carbonyl (C=O) groups excluding carboxylic acids is 1.